The SMILES string of the molecule is CC(=O)OC1CCC2(C)C(=CCC3C2CCC2(C)C(C(C)CC(=O)O)CCC32)C1. The van der Waals surface area contributed by atoms with Gasteiger partial charge in [-0.05, 0) is 85.4 Å². The van der Waals surface area contributed by atoms with Crippen LogP contribution in [0.15, 0.2) is 11.6 Å². The van der Waals surface area contributed by atoms with E-state index in [2.05, 4.69) is 26.8 Å². The summed E-state index contributed by atoms with van der Waals surface area (Å²) in [6, 6.07) is 0. The van der Waals surface area contributed by atoms with Crippen LogP contribution < -0.4 is 0 Å². The molecule has 3 saturated carbocycles. The molecule has 4 aliphatic rings. The molecule has 0 aromatic heterocycles. The highest BCUT2D eigenvalue weighted by Gasteiger charge is 2.59. The minimum atomic E-state index is -0.652. The average molecular weight is 403 g/mol. The molecule has 4 aliphatic carbocycles. The average Bonchev–Trinajstić information content (AvgIpc) is 2.98. The number of aliphatic carboxylic acids is 1. The third-order valence-corrected chi connectivity index (χ3v) is 9.65. The molecule has 4 heteroatoms. The molecule has 4 nitrogen and oxygen atoms in total. The van der Waals surface area contributed by atoms with Crippen molar-refractivity contribution in [2.45, 2.75) is 91.6 Å². The Hall–Kier alpha value is -1.32. The molecule has 0 heterocycles. The lowest BCUT2D eigenvalue weighted by Crippen LogP contribution is -2.51. The number of allylic oxidation sites excluding steroid dienone is 1. The van der Waals surface area contributed by atoms with Gasteiger partial charge in [0.25, 0.3) is 0 Å². The molecule has 0 amide bonds. The minimum absolute atomic E-state index is 0.0601. The summed E-state index contributed by atoms with van der Waals surface area (Å²) >= 11 is 0. The van der Waals surface area contributed by atoms with Crippen molar-refractivity contribution in [3.63, 3.8) is 0 Å². The third kappa shape index (κ3) is 3.45. The van der Waals surface area contributed by atoms with Gasteiger partial charge in [0.05, 0.1) is 0 Å². The number of carbonyl (C=O) groups excluding carboxylic acids is 1. The van der Waals surface area contributed by atoms with Crippen molar-refractivity contribution in [1.29, 1.82) is 0 Å². The Bertz CT molecular complexity index is 712. The van der Waals surface area contributed by atoms with Gasteiger partial charge in [-0.15, -0.1) is 0 Å². The van der Waals surface area contributed by atoms with Crippen LogP contribution in [0.5, 0.6) is 0 Å². The molecule has 0 spiro atoms. The number of carbonyl (C=O) groups is 2. The van der Waals surface area contributed by atoms with Crippen molar-refractivity contribution in [1.82, 2.24) is 0 Å². The van der Waals surface area contributed by atoms with E-state index < -0.39 is 5.97 Å². The molecule has 4 rings (SSSR count). The van der Waals surface area contributed by atoms with Crippen LogP contribution >= 0.6 is 0 Å². The number of fused-ring (bicyclic) bond motifs is 5. The lowest BCUT2D eigenvalue weighted by Gasteiger charge is -2.58. The highest BCUT2D eigenvalue weighted by Crippen LogP contribution is 2.67. The Labute approximate surface area is 175 Å². The van der Waals surface area contributed by atoms with E-state index >= 15 is 0 Å². The highest BCUT2D eigenvalue weighted by atomic mass is 16.5. The number of hydrogen-bond donors (Lipinski definition) is 1. The quantitative estimate of drug-likeness (QED) is 0.490. The number of rotatable bonds is 4. The second kappa shape index (κ2) is 7.42. The number of carboxylic acids is 1. The van der Waals surface area contributed by atoms with E-state index in [1.165, 1.54) is 38.2 Å². The van der Waals surface area contributed by atoms with Crippen LogP contribution in [-0.2, 0) is 14.3 Å². The maximum absolute atomic E-state index is 11.4. The molecule has 29 heavy (non-hydrogen) atoms. The second-order valence-electron chi connectivity index (χ2n) is 11.0. The van der Waals surface area contributed by atoms with E-state index in [9.17, 15) is 14.7 Å². The summed E-state index contributed by atoms with van der Waals surface area (Å²) in [4.78, 5) is 22.7. The van der Waals surface area contributed by atoms with E-state index in [4.69, 9.17) is 4.74 Å². The summed E-state index contributed by atoms with van der Waals surface area (Å²) in [6.45, 7) is 8.63. The maximum atomic E-state index is 11.4. The predicted molar refractivity (Wildman–Crippen MR) is 112 cm³/mol. The van der Waals surface area contributed by atoms with Gasteiger partial charge >= 0.3 is 11.9 Å². The summed E-state index contributed by atoms with van der Waals surface area (Å²) in [5.41, 5.74) is 2.09. The van der Waals surface area contributed by atoms with Crippen LogP contribution in [0.25, 0.3) is 0 Å². The molecule has 8 atom stereocenters. The van der Waals surface area contributed by atoms with Crippen LogP contribution in [0.3, 0.4) is 0 Å². The number of esters is 1. The number of carboxylic acid groups (broad SMARTS) is 1. The van der Waals surface area contributed by atoms with E-state index in [1.807, 2.05) is 0 Å². The van der Waals surface area contributed by atoms with Gasteiger partial charge in [0, 0.05) is 19.8 Å². The van der Waals surface area contributed by atoms with Crippen LogP contribution in [0.1, 0.15) is 85.5 Å². The first-order valence-electron chi connectivity index (χ1n) is 11.7. The molecule has 0 bridgehead atoms. The van der Waals surface area contributed by atoms with Crippen molar-refractivity contribution < 1.29 is 19.4 Å². The standard InChI is InChI=1S/C25H38O4/c1-15(13-23(27)28)20-7-8-21-19-6-5-17-14-18(29-16(2)26)9-11-24(17,3)22(19)10-12-25(20,21)4/h5,15,18-22H,6-14H2,1-4H3,(H,27,28). The molecule has 0 aliphatic heterocycles. The molecule has 0 aromatic rings. The first-order valence-corrected chi connectivity index (χ1v) is 11.7. The van der Waals surface area contributed by atoms with Crippen LogP contribution in [-0.4, -0.2) is 23.1 Å². The van der Waals surface area contributed by atoms with E-state index in [0.717, 1.165) is 43.4 Å². The Kier molecular flexibility index (Phi) is 5.36. The zero-order valence-electron chi connectivity index (χ0n) is 18.6. The van der Waals surface area contributed by atoms with Crippen molar-refractivity contribution in [2.75, 3.05) is 0 Å². The van der Waals surface area contributed by atoms with Crippen molar-refractivity contribution >= 4 is 11.9 Å². The fraction of sp³-hybridized carbons (Fsp3) is 0.840. The fourth-order valence-corrected chi connectivity index (χ4v) is 8.36. The third-order valence-electron chi connectivity index (χ3n) is 9.65. The van der Waals surface area contributed by atoms with Crippen LogP contribution in [0, 0.1) is 40.4 Å². The van der Waals surface area contributed by atoms with Crippen molar-refractivity contribution in [2.24, 2.45) is 40.4 Å². The molecule has 0 saturated heterocycles. The Morgan fingerprint density at radius 2 is 1.93 bits per heavy atom. The van der Waals surface area contributed by atoms with Crippen molar-refractivity contribution in [3.05, 3.63) is 11.6 Å². The van der Waals surface area contributed by atoms with Crippen LogP contribution in [0.2, 0.25) is 0 Å². The zero-order chi connectivity index (χ0) is 21.0. The van der Waals surface area contributed by atoms with Gasteiger partial charge in [-0.25, -0.2) is 0 Å². The topological polar surface area (TPSA) is 63.6 Å². The predicted octanol–water partition coefficient (Wildman–Crippen LogP) is 5.61. The van der Waals surface area contributed by atoms with Gasteiger partial charge in [-0.3, -0.25) is 9.59 Å². The molecule has 162 valence electrons. The zero-order valence-corrected chi connectivity index (χ0v) is 18.6. The smallest absolute Gasteiger partial charge is 0.303 e. The molecular formula is C25H38O4. The maximum Gasteiger partial charge on any atom is 0.303 e. The van der Waals surface area contributed by atoms with Gasteiger partial charge in [0.15, 0.2) is 0 Å². The molecular weight excluding hydrogens is 364 g/mol. The Morgan fingerprint density at radius 1 is 1.17 bits per heavy atom. The number of hydrogen-bond acceptors (Lipinski definition) is 3. The van der Waals surface area contributed by atoms with Gasteiger partial charge in [0.2, 0.25) is 0 Å². The number of ether oxygens (including phenoxy) is 1. The lowest BCUT2D eigenvalue weighted by atomic mass is 9.47. The van der Waals surface area contributed by atoms with Gasteiger partial charge in [0.1, 0.15) is 6.10 Å². The Morgan fingerprint density at radius 3 is 2.62 bits per heavy atom. The van der Waals surface area contributed by atoms with E-state index in [1.54, 1.807) is 0 Å². The summed E-state index contributed by atoms with van der Waals surface area (Å²) in [6.07, 6.45) is 12.0. The molecule has 0 radical (unpaired) electrons. The first-order chi connectivity index (χ1) is 13.6. The van der Waals surface area contributed by atoms with E-state index in [-0.39, 0.29) is 23.4 Å². The first kappa shape index (κ1) is 20.9. The molecule has 3 fully saturated rings. The normalized spacial score (nSPS) is 44.7. The fourth-order valence-electron chi connectivity index (χ4n) is 8.36. The van der Waals surface area contributed by atoms with Crippen LogP contribution in [0.4, 0.5) is 0 Å². The van der Waals surface area contributed by atoms with Crippen molar-refractivity contribution in [3.8, 4) is 0 Å². The summed E-state index contributed by atoms with van der Waals surface area (Å²) < 4.78 is 5.55. The van der Waals surface area contributed by atoms with E-state index in [0.29, 0.717) is 17.8 Å². The molecule has 1 N–H and O–H groups in total. The lowest BCUT2D eigenvalue weighted by molar-refractivity contribution is -0.149. The summed E-state index contributed by atoms with van der Waals surface area (Å²) in [5, 5.41) is 9.31. The monoisotopic (exact) mass is 402 g/mol. The largest absolute Gasteiger partial charge is 0.481 e. The molecule has 0 aromatic carbocycles. The molecule has 8 unspecified atom stereocenters. The van der Waals surface area contributed by atoms with Gasteiger partial charge in [-0.1, -0.05) is 32.4 Å². The minimum Gasteiger partial charge on any atom is -0.481 e. The summed E-state index contributed by atoms with van der Waals surface area (Å²) in [7, 11) is 0. The van der Waals surface area contributed by atoms with Gasteiger partial charge < -0.3 is 9.84 Å². The summed E-state index contributed by atoms with van der Waals surface area (Å²) in [5.74, 6) is 2.19. The second-order valence-corrected chi connectivity index (χ2v) is 11.0. The Balaban J connectivity index is 1.54. The highest BCUT2D eigenvalue weighted by molar-refractivity contribution is 5.67. The van der Waals surface area contributed by atoms with Gasteiger partial charge in [-0.2, -0.15) is 0 Å².